The van der Waals surface area contributed by atoms with Gasteiger partial charge in [0.2, 0.25) is 0 Å². The minimum atomic E-state index is -0.475. The highest BCUT2D eigenvalue weighted by atomic mass is 16.6. The number of amides is 1. The largest absolute Gasteiger partial charge is 0.444 e. The third kappa shape index (κ3) is 3.76. The van der Waals surface area contributed by atoms with Crippen LogP contribution in [0, 0.1) is 11.3 Å². The van der Waals surface area contributed by atoms with Crippen molar-refractivity contribution in [3.8, 4) is 0 Å². The summed E-state index contributed by atoms with van der Waals surface area (Å²) >= 11 is 0. The standard InChI is InChI=1S/C19H31NO4/c1-18(2,3)24-17(22)20-14-6-5-7-15(20)9-13(8-14)16(21)10-19(4)11-23-12-19/h13-15H,5-12H2,1-4H3. The number of hydrogen-bond donors (Lipinski definition) is 0. The molecule has 0 N–H and O–H groups in total. The van der Waals surface area contributed by atoms with Crippen LogP contribution in [-0.4, -0.2) is 47.7 Å². The van der Waals surface area contributed by atoms with Crippen molar-refractivity contribution in [1.82, 2.24) is 4.90 Å². The van der Waals surface area contributed by atoms with Gasteiger partial charge in [0.05, 0.1) is 13.2 Å². The van der Waals surface area contributed by atoms with E-state index in [0.717, 1.165) is 32.1 Å². The Balaban J connectivity index is 1.64. The van der Waals surface area contributed by atoms with E-state index in [9.17, 15) is 9.59 Å². The maximum absolute atomic E-state index is 12.8. The van der Waals surface area contributed by atoms with E-state index in [2.05, 4.69) is 6.92 Å². The summed E-state index contributed by atoms with van der Waals surface area (Å²) in [5, 5.41) is 0. The Kier molecular flexibility index (Phi) is 4.67. The number of ketones is 1. The number of fused-ring (bicyclic) bond motifs is 2. The fourth-order valence-corrected chi connectivity index (χ4v) is 4.37. The lowest BCUT2D eigenvalue weighted by molar-refractivity contribution is -0.143. The number of carbonyl (C=O) groups is 2. The van der Waals surface area contributed by atoms with Gasteiger partial charge in [-0.05, 0) is 52.9 Å². The van der Waals surface area contributed by atoms with E-state index in [1.807, 2.05) is 25.7 Å². The number of carbonyl (C=O) groups excluding carboxylic acids is 2. The van der Waals surface area contributed by atoms with E-state index < -0.39 is 5.60 Å². The molecule has 2 atom stereocenters. The van der Waals surface area contributed by atoms with Gasteiger partial charge in [0.15, 0.2) is 0 Å². The molecule has 0 radical (unpaired) electrons. The average Bonchev–Trinajstić information content (AvgIpc) is 2.42. The van der Waals surface area contributed by atoms with Crippen molar-refractivity contribution >= 4 is 11.9 Å². The molecule has 5 nitrogen and oxygen atoms in total. The third-order valence-corrected chi connectivity index (χ3v) is 5.54. The molecular weight excluding hydrogens is 306 g/mol. The molecule has 0 aromatic heterocycles. The minimum absolute atomic E-state index is 0.0362. The van der Waals surface area contributed by atoms with Gasteiger partial charge in [-0.2, -0.15) is 0 Å². The number of piperidine rings is 2. The normalized spacial score (nSPS) is 32.0. The number of rotatable bonds is 3. The molecule has 2 bridgehead atoms. The second kappa shape index (κ2) is 6.32. The Morgan fingerprint density at radius 3 is 2.21 bits per heavy atom. The molecule has 1 amide bonds. The Labute approximate surface area is 145 Å². The molecule has 3 saturated heterocycles. The van der Waals surface area contributed by atoms with Gasteiger partial charge < -0.3 is 14.4 Å². The maximum Gasteiger partial charge on any atom is 0.410 e. The highest BCUT2D eigenvalue weighted by Crippen LogP contribution is 2.40. The molecule has 136 valence electrons. The highest BCUT2D eigenvalue weighted by Gasteiger charge is 2.46. The first-order chi connectivity index (χ1) is 11.2. The Hall–Kier alpha value is -1.10. The maximum atomic E-state index is 12.8. The number of Topliss-reactive ketones (excluding diaryl/α,β-unsaturated/α-hetero) is 1. The molecule has 3 fully saturated rings. The second-order valence-corrected chi connectivity index (χ2v) is 9.24. The molecule has 3 aliphatic rings. The van der Waals surface area contributed by atoms with E-state index in [1.165, 1.54) is 0 Å². The van der Waals surface area contributed by atoms with Crippen molar-refractivity contribution in [2.24, 2.45) is 11.3 Å². The molecule has 2 unspecified atom stereocenters. The average molecular weight is 337 g/mol. The van der Waals surface area contributed by atoms with Gasteiger partial charge in [-0.1, -0.05) is 6.92 Å². The van der Waals surface area contributed by atoms with E-state index in [0.29, 0.717) is 25.4 Å². The lowest BCUT2D eigenvalue weighted by atomic mass is 9.73. The Morgan fingerprint density at radius 2 is 1.75 bits per heavy atom. The second-order valence-electron chi connectivity index (χ2n) is 9.24. The van der Waals surface area contributed by atoms with Crippen molar-refractivity contribution in [1.29, 1.82) is 0 Å². The molecule has 0 saturated carbocycles. The summed E-state index contributed by atoms with van der Waals surface area (Å²) < 4.78 is 10.9. The predicted molar refractivity (Wildman–Crippen MR) is 90.8 cm³/mol. The molecule has 24 heavy (non-hydrogen) atoms. The predicted octanol–water partition coefficient (Wildman–Crippen LogP) is 3.55. The summed E-state index contributed by atoms with van der Waals surface area (Å²) in [5.41, 5.74) is -0.439. The summed E-state index contributed by atoms with van der Waals surface area (Å²) in [7, 11) is 0. The molecule has 5 heteroatoms. The van der Waals surface area contributed by atoms with Gasteiger partial charge in [0.1, 0.15) is 11.4 Å². The number of ether oxygens (including phenoxy) is 2. The van der Waals surface area contributed by atoms with Crippen LogP contribution in [0.3, 0.4) is 0 Å². The molecule has 0 aromatic rings. The van der Waals surface area contributed by atoms with Crippen LogP contribution in [0.1, 0.15) is 66.2 Å². The first kappa shape index (κ1) is 17.7. The van der Waals surface area contributed by atoms with E-state index in [1.54, 1.807) is 0 Å². The first-order valence-corrected chi connectivity index (χ1v) is 9.29. The quantitative estimate of drug-likeness (QED) is 0.790. The van der Waals surface area contributed by atoms with Gasteiger partial charge in [-0.3, -0.25) is 4.79 Å². The summed E-state index contributed by atoms with van der Waals surface area (Å²) in [5.74, 6) is 0.456. The molecule has 3 rings (SSSR count). The van der Waals surface area contributed by atoms with E-state index in [4.69, 9.17) is 9.47 Å². The number of hydrogen-bond acceptors (Lipinski definition) is 4. The van der Waals surface area contributed by atoms with E-state index >= 15 is 0 Å². The summed E-state index contributed by atoms with van der Waals surface area (Å²) in [6.07, 6.45) is 5.11. The van der Waals surface area contributed by atoms with Crippen LogP contribution < -0.4 is 0 Å². The SMILES string of the molecule is CC1(CC(=O)C2CC3CCCC(C2)N3C(=O)OC(C)(C)C)COC1. The molecule has 0 aliphatic carbocycles. The fourth-order valence-electron chi connectivity index (χ4n) is 4.37. The fraction of sp³-hybridized carbons (Fsp3) is 0.895. The van der Waals surface area contributed by atoms with Crippen LogP contribution in [0.5, 0.6) is 0 Å². The summed E-state index contributed by atoms with van der Waals surface area (Å²) in [6, 6.07) is 0.318. The van der Waals surface area contributed by atoms with Crippen LogP contribution in [0.25, 0.3) is 0 Å². The molecule has 0 spiro atoms. The van der Waals surface area contributed by atoms with Crippen molar-refractivity contribution in [3.05, 3.63) is 0 Å². The smallest absolute Gasteiger partial charge is 0.410 e. The lowest BCUT2D eigenvalue weighted by Gasteiger charge is -2.49. The number of nitrogens with zero attached hydrogens (tertiary/aromatic N) is 1. The van der Waals surface area contributed by atoms with Crippen LogP contribution in [0.4, 0.5) is 4.79 Å². The van der Waals surface area contributed by atoms with Crippen molar-refractivity contribution in [2.75, 3.05) is 13.2 Å². The van der Waals surface area contributed by atoms with Gasteiger partial charge >= 0.3 is 6.09 Å². The van der Waals surface area contributed by atoms with Crippen molar-refractivity contribution < 1.29 is 19.1 Å². The van der Waals surface area contributed by atoms with Gasteiger partial charge in [0, 0.05) is 29.8 Å². The third-order valence-electron chi connectivity index (χ3n) is 5.54. The summed E-state index contributed by atoms with van der Waals surface area (Å²) in [6.45, 7) is 9.23. The van der Waals surface area contributed by atoms with Crippen molar-refractivity contribution in [3.63, 3.8) is 0 Å². The zero-order chi connectivity index (χ0) is 17.5. The van der Waals surface area contributed by atoms with Crippen molar-refractivity contribution in [2.45, 2.75) is 83.9 Å². The van der Waals surface area contributed by atoms with Gasteiger partial charge in [-0.25, -0.2) is 4.79 Å². The first-order valence-electron chi connectivity index (χ1n) is 9.29. The minimum Gasteiger partial charge on any atom is -0.444 e. The van der Waals surface area contributed by atoms with Crippen LogP contribution >= 0.6 is 0 Å². The summed E-state index contributed by atoms with van der Waals surface area (Å²) in [4.78, 5) is 27.3. The molecule has 3 aliphatic heterocycles. The Bertz CT molecular complexity index is 492. The van der Waals surface area contributed by atoms with Crippen LogP contribution in [0.2, 0.25) is 0 Å². The van der Waals surface area contributed by atoms with Crippen LogP contribution in [-0.2, 0) is 14.3 Å². The van der Waals surface area contributed by atoms with E-state index in [-0.39, 0.29) is 29.5 Å². The lowest BCUT2D eigenvalue weighted by Crippen LogP contribution is -2.57. The van der Waals surface area contributed by atoms with Gasteiger partial charge in [-0.15, -0.1) is 0 Å². The van der Waals surface area contributed by atoms with Gasteiger partial charge in [0.25, 0.3) is 0 Å². The monoisotopic (exact) mass is 337 g/mol. The van der Waals surface area contributed by atoms with Crippen LogP contribution in [0.15, 0.2) is 0 Å². The molecular formula is C19H31NO4. The topological polar surface area (TPSA) is 55.8 Å². The highest BCUT2D eigenvalue weighted by molar-refractivity contribution is 5.82. The molecule has 3 heterocycles. The zero-order valence-electron chi connectivity index (χ0n) is 15.5. The Morgan fingerprint density at radius 1 is 1.17 bits per heavy atom. The molecule has 0 aromatic carbocycles. The zero-order valence-corrected chi connectivity index (χ0v) is 15.5.